The summed E-state index contributed by atoms with van der Waals surface area (Å²) in [5.74, 6) is -0.266. The lowest BCUT2D eigenvalue weighted by Gasteiger charge is -2.38. The summed E-state index contributed by atoms with van der Waals surface area (Å²) in [6.45, 7) is 8.32. The number of aromatic carboxylic acids is 1. The van der Waals surface area contributed by atoms with Gasteiger partial charge in [-0.2, -0.15) is 0 Å². The van der Waals surface area contributed by atoms with Crippen LogP contribution in [-0.4, -0.2) is 41.7 Å². The van der Waals surface area contributed by atoms with E-state index in [0.717, 1.165) is 31.7 Å². The van der Waals surface area contributed by atoms with Crippen molar-refractivity contribution in [3.8, 4) is 0 Å². The second-order valence-electron chi connectivity index (χ2n) is 5.49. The maximum absolute atomic E-state index is 11.0. The molecule has 19 heavy (non-hydrogen) atoms. The number of hydrogen-bond donors (Lipinski definition) is 2. The van der Waals surface area contributed by atoms with Crippen molar-refractivity contribution in [1.82, 2.24) is 10.2 Å². The van der Waals surface area contributed by atoms with Crippen molar-refractivity contribution < 1.29 is 9.90 Å². The maximum atomic E-state index is 11.0. The van der Waals surface area contributed by atoms with Crippen LogP contribution >= 0.6 is 0 Å². The van der Waals surface area contributed by atoms with E-state index in [-0.39, 0.29) is 0 Å². The molecular formula is C15H22N2O2. The molecule has 2 rings (SSSR count). The van der Waals surface area contributed by atoms with Gasteiger partial charge in [0, 0.05) is 32.2 Å². The summed E-state index contributed by atoms with van der Waals surface area (Å²) in [6.07, 6.45) is 0. The number of hydrogen-bond acceptors (Lipinski definition) is 3. The fourth-order valence-electron chi connectivity index (χ4n) is 2.66. The molecule has 4 nitrogen and oxygen atoms in total. The molecule has 2 N–H and O–H groups in total. The maximum Gasteiger partial charge on any atom is 0.335 e. The fourth-order valence-corrected chi connectivity index (χ4v) is 2.66. The fraction of sp³-hybridized carbons (Fsp3) is 0.533. The molecule has 0 amide bonds. The molecule has 1 atom stereocenters. The van der Waals surface area contributed by atoms with E-state index in [4.69, 9.17) is 5.11 Å². The average Bonchev–Trinajstić information content (AvgIpc) is 2.39. The van der Waals surface area contributed by atoms with E-state index in [1.807, 2.05) is 12.1 Å². The second-order valence-corrected chi connectivity index (χ2v) is 5.49. The SMILES string of the molecule is CC(C)[C@H]1CNCCN1Cc1cccc(C(=O)O)c1. The van der Waals surface area contributed by atoms with Crippen LogP contribution < -0.4 is 5.32 Å². The van der Waals surface area contributed by atoms with Gasteiger partial charge in [-0.25, -0.2) is 4.79 Å². The number of nitrogens with zero attached hydrogens (tertiary/aromatic N) is 1. The minimum atomic E-state index is -0.859. The van der Waals surface area contributed by atoms with E-state index in [0.29, 0.717) is 17.5 Å². The molecule has 104 valence electrons. The number of carboxylic acids is 1. The summed E-state index contributed by atoms with van der Waals surface area (Å²) in [4.78, 5) is 13.4. The van der Waals surface area contributed by atoms with Crippen molar-refractivity contribution in [2.24, 2.45) is 5.92 Å². The van der Waals surface area contributed by atoms with Crippen molar-refractivity contribution in [2.75, 3.05) is 19.6 Å². The zero-order chi connectivity index (χ0) is 13.8. The lowest BCUT2D eigenvalue weighted by Crippen LogP contribution is -2.52. The molecule has 0 bridgehead atoms. The lowest BCUT2D eigenvalue weighted by atomic mass is 9.99. The van der Waals surface area contributed by atoms with Crippen molar-refractivity contribution in [3.63, 3.8) is 0 Å². The van der Waals surface area contributed by atoms with E-state index >= 15 is 0 Å². The van der Waals surface area contributed by atoms with Crippen LogP contribution in [0, 0.1) is 5.92 Å². The van der Waals surface area contributed by atoms with Gasteiger partial charge < -0.3 is 10.4 Å². The Balaban J connectivity index is 2.10. The minimum absolute atomic E-state index is 0.369. The monoisotopic (exact) mass is 262 g/mol. The highest BCUT2D eigenvalue weighted by Crippen LogP contribution is 2.17. The van der Waals surface area contributed by atoms with Gasteiger partial charge in [-0.1, -0.05) is 26.0 Å². The molecule has 0 saturated carbocycles. The summed E-state index contributed by atoms with van der Waals surface area (Å²) in [6, 6.07) is 7.77. The molecule has 4 heteroatoms. The number of benzene rings is 1. The average molecular weight is 262 g/mol. The van der Waals surface area contributed by atoms with Crippen LogP contribution in [0.1, 0.15) is 29.8 Å². The molecule has 1 saturated heterocycles. The Morgan fingerprint density at radius 2 is 2.32 bits per heavy atom. The van der Waals surface area contributed by atoms with Crippen molar-refractivity contribution in [1.29, 1.82) is 0 Å². The van der Waals surface area contributed by atoms with E-state index in [1.165, 1.54) is 0 Å². The van der Waals surface area contributed by atoms with Crippen LogP contribution in [0.25, 0.3) is 0 Å². The third kappa shape index (κ3) is 3.55. The van der Waals surface area contributed by atoms with Crippen molar-refractivity contribution in [3.05, 3.63) is 35.4 Å². The van der Waals surface area contributed by atoms with Crippen LogP contribution in [0.3, 0.4) is 0 Å². The number of nitrogens with one attached hydrogen (secondary N) is 1. The van der Waals surface area contributed by atoms with Crippen LogP contribution in [0.15, 0.2) is 24.3 Å². The molecule has 0 aromatic heterocycles. The summed E-state index contributed by atoms with van der Waals surface area (Å²) in [5, 5.41) is 12.5. The quantitative estimate of drug-likeness (QED) is 0.869. The van der Waals surface area contributed by atoms with Crippen molar-refractivity contribution in [2.45, 2.75) is 26.4 Å². The summed E-state index contributed by atoms with van der Waals surface area (Å²) >= 11 is 0. The van der Waals surface area contributed by atoms with Gasteiger partial charge in [-0.15, -0.1) is 0 Å². The molecule has 0 aliphatic carbocycles. The molecule has 1 aromatic rings. The third-order valence-electron chi connectivity index (χ3n) is 3.73. The number of piperazine rings is 1. The molecule has 1 fully saturated rings. The lowest BCUT2D eigenvalue weighted by molar-refractivity contribution is 0.0696. The number of rotatable bonds is 4. The van der Waals surface area contributed by atoms with E-state index in [1.54, 1.807) is 12.1 Å². The Bertz CT molecular complexity index is 446. The molecule has 0 radical (unpaired) electrons. The first-order chi connectivity index (χ1) is 9.08. The van der Waals surface area contributed by atoms with Crippen LogP contribution in [0.5, 0.6) is 0 Å². The zero-order valence-electron chi connectivity index (χ0n) is 11.6. The summed E-state index contributed by atoms with van der Waals surface area (Å²) in [5.41, 5.74) is 1.45. The van der Waals surface area contributed by atoms with E-state index in [2.05, 4.69) is 24.1 Å². The van der Waals surface area contributed by atoms with Gasteiger partial charge in [0.1, 0.15) is 0 Å². The first kappa shape index (κ1) is 14.0. The van der Waals surface area contributed by atoms with Gasteiger partial charge in [0.25, 0.3) is 0 Å². The van der Waals surface area contributed by atoms with Gasteiger partial charge >= 0.3 is 5.97 Å². The third-order valence-corrected chi connectivity index (χ3v) is 3.73. The highest BCUT2D eigenvalue weighted by atomic mass is 16.4. The minimum Gasteiger partial charge on any atom is -0.478 e. The van der Waals surface area contributed by atoms with Gasteiger partial charge in [-0.3, -0.25) is 4.90 Å². The van der Waals surface area contributed by atoms with Gasteiger partial charge in [-0.05, 0) is 23.6 Å². The molecule has 1 heterocycles. The molecule has 1 aromatic carbocycles. The highest BCUT2D eigenvalue weighted by Gasteiger charge is 2.24. The Labute approximate surface area is 114 Å². The molecule has 0 spiro atoms. The number of carboxylic acid groups (broad SMARTS) is 1. The molecular weight excluding hydrogens is 240 g/mol. The Hall–Kier alpha value is -1.39. The van der Waals surface area contributed by atoms with Crippen molar-refractivity contribution >= 4 is 5.97 Å². The Morgan fingerprint density at radius 3 is 3.00 bits per heavy atom. The number of carbonyl (C=O) groups is 1. The zero-order valence-corrected chi connectivity index (χ0v) is 11.6. The van der Waals surface area contributed by atoms with Crippen LogP contribution in [0.2, 0.25) is 0 Å². The Kier molecular flexibility index (Phi) is 4.56. The molecule has 1 aliphatic rings. The van der Waals surface area contributed by atoms with E-state index < -0.39 is 5.97 Å². The Morgan fingerprint density at radius 1 is 1.53 bits per heavy atom. The first-order valence-electron chi connectivity index (χ1n) is 6.85. The largest absolute Gasteiger partial charge is 0.478 e. The second kappa shape index (κ2) is 6.17. The highest BCUT2D eigenvalue weighted by molar-refractivity contribution is 5.87. The van der Waals surface area contributed by atoms with Crippen LogP contribution in [-0.2, 0) is 6.54 Å². The molecule has 0 unspecified atom stereocenters. The standard InChI is InChI=1S/C15H22N2O2/c1-11(2)14-9-16-6-7-17(14)10-12-4-3-5-13(8-12)15(18)19/h3-5,8,11,14,16H,6-7,9-10H2,1-2H3,(H,18,19)/t14-/m1/s1. The smallest absolute Gasteiger partial charge is 0.335 e. The predicted molar refractivity (Wildman–Crippen MR) is 75.3 cm³/mol. The molecule has 1 aliphatic heterocycles. The summed E-state index contributed by atoms with van der Waals surface area (Å²) < 4.78 is 0. The topological polar surface area (TPSA) is 52.6 Å². The van der Waals surface area contributed by atoms with Gasteiger partial charge in [0.05, 0.1) is 5.56 Å². The normalized spacial score (nSPS) is 20.7. The van der Waals surface area contributed by atoms with Gasteiger partial charge in [0.15, 0.2) is 0 Å². The van der Waals surface area contributed by atoms with Gasteiger partial charge in [0.2, 0.25) is 0 Å². The predicted octanol–water partition coefficient (Wildman–Crippen LogP) is 1.81. The first-order valence-corrected chi connectivity index (χ1v) is 6.85. The van der Waals surface area contributed by atoms with Crippen LogP contribution in [0.4, 0.5) is 0 Å². The summed E-state index contributed by atoms with van der Waals surface area (Å²) in [7, 11) is 0. The van der Waals surface area contributed by atoms with E-state index in [9.17, 15) is 4.79 Å².